The average Bonchev–Trinajstić information content (AvgIpc) is 3.31. The van der Waals surface area contributed by atoms with E-state index in [0.717, 1.165) is 13.8 Å². The minimum absolute atomic E-state index is 0.0244. The lowest BCUT2D eigenvalue weighted by atomic mass is 9.44. The van der Waals surface area contributed by atoms with E-state index in [-0.39, 0.29) is 41.8 Å². The van der Waals surface area contributed by atoms with Crippen molar-refractivity contribution in [3.05, 3.63) is 119 Å². The number of ether oxygens (including phenoxy) is 6. The Morgan fingerprint density at radius 1 is 0.855 bits per heavy atom. The Hall–Kier alpha value is -6.43. The first-order chi connectivity index (χ1) is 32.6. The lowest BCUT2D eigenvalue weighted by molar-refractivity contribution is -0.346. The molecule has 1 heterocycles. The fourth-order valence-electron chi connectivity index (χ4n) is 10.9. The predicted molar refractivity (Wildman–Crippen MR) is 245 cm³/mol. The van der Waals surface area contributed by atoms with Gasteiger partial charge in [0, 0.05) is 51.3 Å². The fourth-order valence-corrected chi connectivity index (χ4v) is 10.9. The van der Waals surface area contributed by atoms with Crippen LogP contribution in [0, 0.1) is 16.7 Å². The van der Waals surface area contributed by atoms with Crippen LogP contribution in [0.15, 0.2) is 102 Å². The Balaban J connectivity index is 1.43. The molecule has 368 valence electrons. The molecule has 3 aliphatic carbocycles. The van der Waals surface area contributed by atoms with Crippen LogP contribution in [-0.2, 0) is 47.6 Å². The number of aliphatic hydroxyl groups is 2. The Morgan fingerprint density at radius 3 is 2.00 bits per heavy atom. The molecule has 3 aromatic rings. The third kappa shape index (κ3) is 9.03. The van der Waals surface area contributed by atoms with Crippen molar-refractivity contribution in [2.75, 3.05) is 20.2 Å². The van der Waals surface area contributed by atoms with E-state index >= 15 is 9.59 Å². The summed E-state index contributed by atoms with van der Waals surface area (Å²) in [5, 5.41) is 29.0. The van der Waals surface area contributed by atoms with Gasteiger partial charge in [-0.3, -0.25) is 19.2 Å². The zero-order chi connectivity index (χ0) is 50.2. The number of carbonyl (C=O) groups is 7. The van der Waals surface area contributed by atoms with Crippen LogP contribution in [0.1, 0.15) is 100 Å². The average molecular weight is 953 g/mol. The van der Waals surface area contributed by atoms with Crippen LogP contribution >= 0.6 is 0 Å². The predicted octanol–water partition coefficient (Wildman–Crippen LogP) is 5.22. The molecular weight excluding hydrogens is 893 g/mol. The van der Waals surface area contributed by atoms with Gasteiger partial charge in [-0.15, -0.1) is 0 Å². The molecule has 7 rings (SSSR count). The van der Waals surface area contributed by atoms with Crippen molar-refractivity contribution in [3.8, 4) is 0 Å². The summed E-state index contributed by atoms with van der Waals surface area (Å²) in [5.41, 5.74) is -7.27. The molecule has 1 saturated heterocycles. The number of fused-ring (bicyclic) bond motifs is 5. The summed E-state index contributed by atoms with van der Waals surface area (Å²) in [6.45, 7) is 10.0. The standard InChI is InChI=1S/C52H60N2O15/c1-9-25-54(8)48(62)67-41(39(32-19-13-10-14-20-32)53-45(59)33-21-15-11-16-22-33)47(61)66-35-27-52(63)44(68-46(60)34-23-17-12-18-24-34)42-50(7,36(57)26-37-51(42,28-64-37)69-31(4)56)43(58)40(65-30(3)55)38(29(35)2)49(52,5)6/h10-24,35-37,39-42,44,57,63H,9,25-28H2,1-8H3,(H,53,59)/t35-,36-,37+,39-,40+,41+,42-,44-,50+,51-,52+/m0/s1. The van der Waals surface area contributed by atoms with Crippen molar-refractivity contribution >= 4 is 41.7 Å². The highest BCUT2D eigenvalue weighted by atomic mass is 16.6. The number of hydrogen-bond acceptors (Lipinski definition) is 15. The second kappa shape index (κ2) is 19.5. The fraction of sp³-hybridized carbons (Fsp3) is 0.481. The molecule has 4 aliphatic rings. The highest BCUT2D eigenvalue weighted by Gasteiger charge is 2.78. The Kier molecular flexibility index (Phi) is 14.3. The molecule has 2 amide bonds. The number of esters is 4. The largest absolute Gasteiger partial charge is 0.455 e. The van der Waals surface area contributed by atoms with Gasteiger partial charge in [-0.2, -0.15) is 0 Å². The molecule has 3 N–H and O–H groups in total. The number of nitrogens with zero attached hydrogens (tertiary/aromatic N) is 1. The number of benzene rings is 3. The second-order valence-electron chi connectivity index (χ2n) is 19.1. The summed E-state index contributed by atoms with van der Waals surface area (Å²) in [6, 6.07) is 23.0. The van der Waals surface area contributed by atoms with Gasteiger partial charge in [0.1, 0.15) is 30.0 Å². The van der Waals surface area contributed by atoms with Crippen molar-refractivity contribution in [1.29, 1.82) is 0 Å². The molecule has 0 spiro atoms. The number of hydrogen-bond donors (Lipinski definition) is 3. The number of rotatable bonds is 13. The van der Waals surface area contributed by atoms with Crippen LogP contribution in [0.5, 0.6) is 0 Å². The summed E-state index contributed by atoms with van der Waals surface area (Å²) < 4.78 is 36.8. The lowest BCUT2D eigenvalue weighted by Crippen LogP contribution is -2.82. The van der Waals surface area contributed by atoms with Gasteiger partial charge in [0.15, 0.2) is 17.5 Å². The van der Waals surface area contributed by atoms with Crippen LogP contribution in [0.3, 0.4) is 0 Å². The van der Waals surface area contributed by atoms with Gasteiger partial charge >= 0.3 is 30.0 Å². The summed E-state index contributed by atoms with van der Waals surface area (Å²) in [7, 11) is 1.48. The van der Waals surface area contributed by atoms with E-state index in [0.29, 0.717) is 12.0 Å². The van der Waals surface area contributed by atoms with E-state index in [1.165, 1.54) is 37.9 Å². The van der Waals surface area contributed by atoms with E-state index in [2.05, 4.69) is 5.32 Å². The molecule has 17 nitrogen and oxygen atoms in total. The Bertz CT molecular complexity index is 2500. The summed E-state index contributed by atoms with van der Waals surface area (Å²) >= 11 is 0. The van der Waals surface area contributed by atoms with E-state index in [9.17, 15) is 34.2 Å². The highest BCUT2D eigenvalue weighted by molar-refractivity contribution is 5.96. The third-order valence-corrected chi connectivity index (χ3v) is 14.6. The number of ketones is 1. The van der Waals surface area contributed by atoms with E-state index in [1.54, 1.807) is 92.7 Å². The maximum absolute atomic E-state index is 15.7. The molecule has 17 heteroatoms. The zero-order valence-corrected chi connectivity index (χ0v) is 40.0. The molecule has 11 atom stereocenters. The molecule has 0 unspecified atom stereocenters. The topological polar surface area (TPSA) is 231 Å². The maximum atomic E-state index is 15.7. The van der Waals surface area contributed by atoms with E-state index in [4.69, 9.17) is 28.4 Å². The molecule has 0 radical (unpaired) electrons. The summed E-state index contributed by atoms with van der Waals surface area (Å²) in [5.74, 6) is -6.91. The van der Waals surface area contributed by atoms with Gasteiger partial charge in [0.25, 0.3) is 5.91 Å². The van der Waals surface area contributed by atoms with Gasteiger partial charge in [-0.25, -0.2) is 14.4 Å². The van der Waals surface area contributed by atoms with Crippen molar-refractivity contribution in [3.63, 3.8) is 0 Å². The van der Waals surface area contributed by atoms with Crippen LogP contribution in [0.4, 0.5) is 4.79 Å². The number of amides is 2. The first kappa shape index (κ1) is 50.4. The van der Waals surface area contributed by atoms with E-state index in [1.807, 2.05) is 6.92 Å². The third-order valence-electron chi connectivity index (χ3n) is 14.6. The number of Topliss-reactive ketones (excluding diaryl/α,β-unsaturated/α-hetero) is 1. The molecule has 2 bridgehead atoms. The zero-order valence-electron chi connectivity index (χ0n) is 40.0. The minimum atomic E-state index is -2.44. The SMILES string of the molecule is CCCN(C)C(=O)O[C@@H](C(=O)O[C@H]1C[C@@]2(O)[C@@H](OC(=O)c3ccccc3)[C@@H]3[C@]4(OC(C)=O)CO[C@@H]4C[C@H](O)[C@@]3(C)C(=O)[C@H](OC(C)=O)C(=C1C)C2(C)C)[C@@H](NC(=O)c1ccccc1)c1ccccc1. The first-order valence-electron chi connectivity index (χ1n) is 23.1. The maximum Gasteiger partial charge on any atom is 0.410 e. The molecule has 69 heavy (non-hydrogen) atoms. The van der Waals surface area contributed by atoms with Crippen LogP contribution in [0.2, 0.25) is 0 Å². The van der Waals surface area contributed by atoms with Crippen molar-refractivity contribution in [1.82, 2.24) is 10.2 Å². The molecule has 2 saturated carbocycles. The number of nitrogens with one attached hydrogen (secondary N) is 1. The number of carbonyl (C=O) groups excluding carboxylic acids is 7. The Morgan fingerprint density at radius 2 is 1.45 bits per heavy atom. The van der Waals surface area contributed by atoms with Crippen LogP contribution in [-0.4, -0.2) is 125 Å². The van der Waals surface area contributed by atoms with E-state index < -0.39 is 119 Å². The van der Waals surface area contributed by atoms with Gasteiger partial charge in [-0.05, 0) is 61.2 Å². The summed E-state index contributed by atoms with van der Waals surface area (Å²) in [6.07, 6.45) is -11.0. The van der Waals surface area contributed by atoms with Crippen molar-refractivity contribution < 1.29 is 72.2 Å². The van der Waals surface area contributed by atoms with Gasteiger partial charge < -0.3 is 48.9 Å². The van der Waals surface area contributed by atoms with Crippen molar-refractivity contribution in [2.45, 2.75) is 122 Å². The minimum Gasteiger partial charge on any atom is -0.455 e. The van der Waals surface area contributed by atoms with Gasteiger partial charge in [-0.1, -0.05) is 87.5 Å². The molecule has 0 aromatic heterocycles. The first-order valence-corrected chi connectivity index (χ1v) is 23.1. The molecule has 3 aromatic carbocycles. The van der Waals surface area contributed by atoms with Crippen molar-refractivity contribution in [2.24, 2.45) is 16.7 Å². The smallest absolute Gasteiger partial charge is 0.410 e. The summed E-state index contributed by atoms with van der Waals surface area (Å²) in [4.78, 5) is 101. The number of aliphatic hydroxyl groups excluding tert-OH is 1. The van der Waals surface area contributed by atoms with Gasteiger partial charge in [0.05, 0.1) is 29.6 Å². The molecular formula is C52H60N2O15. The normalized spacial score (nSPS) is 29.7. The van der Waals surface area contributed by atoms with Crippen LogP contribution in [0.25, 0.3) is 0 Å². The molecule has 3 fully saturated rings. The second-order valence-corrected chi connectivity index (χ2v) is 19.1. The van der Waals surface area contributed by atoms with Gasteiger partial charge in [0.2, 0.25) is 6.10 Å². The lowest BCUT2D eigenvalue weighted by Gasteiger charge is -2.67. The quantitative estimate of drug-likeness (QED) is 0.113. The monoisotopic (exact) mass is 952 g/mol. The highest BCUT2D eigenvalue weighted by Crippen LogP contribution is 2.64. The Labute approximate surface area is 400 Å². The van der Waals surface area contributed by atoms with Crippen LogP contribution < -0.4 is 5.32 Å². The molecule has 1 aliphatic heterocycles.